The highest BCUT2D eigenvalue weighted by molar-refractivity contribution is 9.09. The van der Waals surface area contributed by atoms with E-state index in [1.807, 2.05) is 18.3 Å². The lowest BCUT2D eigenvalue weighted by molar-refractivity contribution is 0.569. The van der Waals surface area contributed by atoms with Gasteiger partial charge in [-0.25, -0.2) is 0 Å². The van der Waals surface area contributed by atoms with Gasteiger partial charge < -0.3 is 4.90 Å². The SMILES string of the molecule is CCC(CC)N(CCBr)c1cnnc2ccccc12. The van der Waals surface area contributed by atoms with Crippen molar-refractivity contribution in [1.82, 2.24) is 10.2 Å². The van der Waals surface area contributed by atoms with Crippen molar-refractivity contribution < 1.29 is 0 Å². The Morgan fingerprint density at radius 3 is 2.63 bits per heavy atom. The number of nitrogens with zero attached hydrogens (tertiary/aromatic N) is 3. The van der Waals surface area contributed by atoms with Crippen molar-refractivity contribution in [3.8, 4) is 0 Å². The van der Waals surface area contributed by atoms with Crippen molar-refractivity contribution in [2.45, 2.75) is 32.7 Å². The Kier molecular flexibility index (Phi) is 5.14. The Hall–Kier alpha value is -1.16. The highest BCUT2D eigenvalue weighted by Crippen LogP contribution is 2.27. The maximum Gasteiger partial charge on any atom is 0.0950 e. The average Bonchev–Trinajstić information content (AvgIpc) is 2.47. The van der Waals surface area contributed by atoms with Crippen molar-refractivity contribution in [2.75, 3.05) is 16.8 Å². The molecule has 2 aromatic rings. The molecule has 0 aliphatic heterocycles. The second-order valence-corrected chi connectivity index (χ2v) is 5.39. The van der Waals surface area contributed by atoms with Crippen LogP contribution in [0.4, 0.5) is 5.69 Å². The zero-order chi connectivity index (χ0) is 13.7. The summed E-state index contributed by atoms with van der Waals surface area (Å²) >= 11 is 3.56. The van der Waals surface area contributed by atoms with Gasteiger partial charge in [-0.2, -0.15) is 10.2 Å². The molecule has 0 spiro atoms. The van der Waals surface area contributed by atoms with Crippen LogP contribution in [0.3, 0.4) is 0 Å². The van der Waals surface area contributed by atoms with E-state index in [1.165, 1.54) is 11.1 Å². The summed E-state index contributed by atoms with van der Waals surface area (Å²) in [6.07, 6.45) is 4.17. The highest BCUT2D eigenvalue weighted by atomic mass is 79.9. The fourth-order valence-corrected chi connectivity index (χ4v) is 2.92. The van der Waals surface area contributed by atoms with E-state index in [9.17, 15) is 0 Å². The summed E-state index contributed by atoms with van der Waals surface area (Å²) in [4.78, 5) is 2.45. The first-order chi connectivity index (χ1) is 9.31. The molecule has 0 aliphatic rings. The molecule has 3 nitrogen and oxygen atoms in total. The summed E-state index contributed by atoms with van der Waals surface area (Å²) in [6, 6.07) is 8.76. The predicted octanol–water partition coefficient (Wildman–Crippen LogP) is 4.02. The van der Waals surface area contributed by atoms with Gasteiger partial charge in [-0.05, 0) is 18.9 Å². The van der Waals surface area contributed by atoms with Crippen LogP contribution in [0.1, 0.15) is 26.7 Å². The summed E-state index contributed by atoms with van der Waals surface area (Å²) in [5, 5.41) is 10.5. The first-order valence-electron chi connectivity index (χ1n) is 6.84. The van der Waals surface area contributed by atoms with E-state index < -0.39 is 0 Å². The summed E-state index contributed by atoms with van der Waals surface area (Å²) in [5.41, 5.74) is 2.16. The van der Waals surface area contributed by atoms with E-state index in [-0.39, 0.29) is 0 Å². The minimum absolute atomic E-state index is 0.546. The number of benzene rings is 1. The van der Waals surface area contributed by atoms with Gasteiger partial charge in [0.05, 0.1) is 17.4 Å². The van der Waals surface area contributed by atoms with Crippen molar-refractivity contribution in [1.29, 1.82) is 0 Å². The van der Waals surface area contributed by atoms with Crippen LogP contribution in [-0.4, -0.2) is 28.1 Å². The Labute approximate surface area is 123 Å². The van der Waals surface area contributed by atoms with Crippen LogP contribution in [0.25, 0.3) is 10.9 Å². The fraction of sp³-hybridized carbons (Fsp3) is 0.467. The molecular formula is C15H20BrN3. The zero-order valence-electron chi connectivity index (χ0n) is 11.5. The molecule has 1 aromatic heterocycles. The van der Waals surface area contributed by atoms with Gasteiger partial charge in [0.2, 0.25) is 0 Å². The monoisotopic (exact) mass is 321 g/mol. The number of anilines is 1. The number of fused-ring (bicyclic) bond motifs is 1. The topological polar surface area (TPSA) is 29.0 Å². The first kappa shape index (κ1) is 14.3. The maximum absolute atomic E-state index is 4.21. The normalized spacial score (nSPS) is 11.2. The molecule has 0 fully saturated rings. The molecule has 0 bridgehead atoms. The highest BCUT2D eigenvalue weighted by Gasteiger charge is 2.17. The second kappa shape index (κ2) is 6.85. The maximum atomic E-state index is 4.21. The molecule has 19 heavy (non-hydrogen) atoms. The number of hydrogen-bond acceptors (Lipinski definition) is 3. The molecule has 4 heteroatoms. The average molecular weight is 322 g/mol. The van der Waals surface area contributed by atoms with E-state index in [2.05, 4.69) is 57.0 Å². The first-order valence-corrected chi connectivity index (χ1v) is 7.97. The smallest absolute Gasteiger partial charge is 0.0950 e. The molecule has 1 heterocycles. The molecule has 2 rings (SSSR count). The Morgan fingerprint density at radius 1 is 1.21 bits per heavy atom. The summed E-state index contributed by atoms with van der Waals surface area (Å²) in [7, 11) is 0. The lowest BCUT2D eigenvalue weighted by Crippen LogP contribution is -2.36. The van der Waals surface area contributed by atoms with Crippen LogP contribution in [0.15, 0.2) is 30.5 Å². The minimum Gasteiger partial charge on any atom is -0.366 e. The van der Waals surface area contributed by atoms with Crippen molar-refractivity contribution in [2.24, 2.45) is 0 Å². The van der Waals surface area contributed by atoms with Crippen LogP contribution in [0.2, 0.25) is 0 Å². The molecule has 1 aromatic carbocycles. The number of hydrogen-bond donors (Lipinski definition) is 0. The molecule has 0 amide bonds. The summed E-state index contributed by atoms with van der Waals surface area (Å²) < 4.78 is 0. The summed E-state index contributed by atoms with van der Waals surface area (Å²) in [6.45, 7) is 5.47. The van der Waals surface area contributed by atoms with Crippen LogP contribution in [-0.2, 0) is 0 Å². The standard InChI is InChI=1S/C15H20BrN3/c1-3-12(4-2)19(10-9-16)15-11-17-18-14-8-6-5-7-13(14)15/h5-8,11-12H,3-4,9-10H2,1-2H3. The van der Waals surface area contributed by atoms with Gasteiger partial charge in [-0.3, -0.25) is 0 Å². The van der Waals surface area contributed by atoms with Crippen LogP contribution >= 0.6 is 15.9 Å². The number of alkyl halides is 1. The summed E-state index contributed by atoms with van der Waals surface area (Å²) in [5.74, 6) is 0. The van der Waals surface area contributed by atoms with Gasteiger partial charge >= 0.3 is 0 Å². The van der Waals surface area contributed by atoms with Gasteiger partial charge in [0.15, 0.2) is 0 Å². The molecule has 0 radical (unpaired) electrons. The van der Waals surface area contributed by atoms with Crippen LogP contribution in [0.5, 0.6) is 0 Å². The van der Waals surface area contributed by atoms with Crippen molar-refractivity contribution in [3.63, 3.8) is 0 Å². The Bertz CT molecular complexity index is 520. The molecule has 0 unspecified atom stereocenters. The van der Waals surface area contributed by atoms with Crippen LogP contribution in [0, 0.1) is 0 Å². The van der Waals surface area contributed by atoms with Gasteiger partial charge in [0, 0.05) is 23.3 Å². The second-order valence-electron chi connectivity index (χ2n) is 4.60. The Morgan fingerprint density at radius 2 is 1.95 bits per heavy atom. The quantitative estimate of drug-likeness (QED) is 0.752. The van der Waals surface area contributed by atoms with E-state index in [0.717, 1.165) is 30.2 Å². The third-order valence-corrected chi connectivity index (χ3v) is 3.90. The fourth-order valence-electron chi connectivity index (χ4n) is 2.54. The van der Waals surface area contributed by atoms with Gasteiger partial charge in [0.1, 0.15) is 0 Å². The van der Waals surface area contributed by atoms with E-state index >= 15 is 0 Å². The van der Waals surface area contributed by atoms with Gasteiger partial charge in [-0.15, -0.1) is 0 Å². The largest absolute Gasteiger partial charge is 0.366 e. The van der Waals surface area contributed by atoms with Gasteiger partial charge in [0.25, 0.3) is 0 Å². The molecule has 0 saturated heterocycles. The number of rotatable bonds is 6. The lowest BCUT2D eigenvalue weighted by Gasteiger charge is -2.32. The van der Waals surface area contributed by atoms with E-state index in [1.54, 1.807) is 0 Å². The van der Waals surface area contributed by atoms with E-state index in [4.69, 9.17) is 0 Å². The van der Waals surface area contributed by atoms with Crippen molar-refractivity contribution >= 4 is 32.5 Å². The number of aromatic nitrogens is 2. The molecule has 0 atom stereocenters. The minimum atomic E-state index is 0.546. The lowest BCUT2D eigenvalue weighted by atomic mass is 10.1. The van der Waals surface area contributed by atoms with Crippen molar-refractivity contribution in [3.05, 3.63) is 30.5 Å². The molecule has 0 N–H and O–H groups in total. The van der Waals surface area contributed by atoms with Gasteiger partial charge in [-0.1, -0.05) is 48.0 Å². The third-order valence-electron chi connectivity index (χ3n) is 3.54. The predicted molar refractivity (Wildman–Crippen MR) is 85.0 cm³/mol. The molecular weight excluding hydrogens is 302 g/mol. The molecule has 0 saturated carbocycles. The molecule has 102 valence electrons. The zero-order valence-corrected chi connectivity index (χ0v) is 13.1. The van der Waals surface area contributed by atoms with Crippen LogP contribution < -0.4 is 4.90 Å². The number of halogens is 1. The van der Waals surface area contributed by atoms with E-state index in [0.29, 0.717) is 6.04 Å². The molecule has 0 aliphatic carbocycles. The third kappa shape index (κ3) is 3.06. The Balaban J connectivity index is 2.49.